The Balaban J connectivity index is 1.75. The maximum atomic E-state index is 10.5. The van der Waals surface area contributed by atoms with Crippen molar-refractivity contribution in [1.29, 1.82) is 0 Å². The number of thiophene rings is 1. The molecule has 3 aromatic heterocycles. The molecule has 0 aromatic carbocycles. The van der Waals surface area contributed by atoms with Crippen molar-refractivity contribution in [3.8, 4) is 11.1 Å². The van der Waals surface area contributed by atoms with Crippen LogP contribution in [-0.4, -0.2) is 59.5 Å². The second-order valence-electron chi connectivity index (χ2n) is 6.01. The van der Waals surface area contributed by atoms with E-state index >= 15 is 0 Å². The van der Waals surface area contributed by atoms with Crippen LogP contribution >= 0.6 is 19.9 Å². The Kier molecular flexibility index (Phi) is 5.10. The minimum Gasteiger partial charge on any atom is -0.387 e. The van der Waals surface area contributed by atoms with E-state index in [9.17, 15) is 10.2 Å². The van der Waals surface area contributed by atoms with Gasteiger partial charge >= 0.3 is 8.60 Å². The average Bonchev–Trinajstić information content (AvgIpc) is 3.34. The second kappa shape index (κ2) is 7.38. The molecule has 12 heteroatoms. The van der Waals surface area contributed by atoms with Crippen LogP contribution in [0.3, 0.4) is 0 Å². The maximum Gasteiger partial charge on any atom is 0.327 e. The molecule has 1 fully saturated rings. The normalized spacial score (nSPS) is 25.7. The molecule has 1 saturated heterocycles. The lowest BCUT2D eigenvalue weighted by Gasteiger charge is -2.17. The molecular weight excluding hydrogens is 395 g/mol. The Hall–Kier alpha value is -1.69. The molecular formula is C15H17N4O6PS. The monoisotopic (exact) mass is 412 g/mol. The number of ether oxygens (including phenoxy) is 1. The summed E-state index contributed by atoms with van der Waals surface area (Å²) in [5.41, 5.74) is 8.21. The average molecular weight is 412 g/mol. The lowest BCUT2D eigenvalue weighted by atomic mass is 10.1. The van der Waals surface area contributed by atoms with Gasteiger partial charge in [0.2, 0.25) is 0 Å². The summed E-state index contributed by atoms with van der Waals surface area (Å²) in [6.07, 6.45) is -1.38. The quantitative estimate of drug-likeness (QED) is 0.378. The number of aliphatic hydroxyl groups excluding tert-OH is 2. The van der Waals surface area contributed by atoms with Gasteiger partial charge in [-0.2, -0.15) is 11.3 Å². The van der Waals surface area contributed by atoms with Crippen LogP contribution < -0.4 is 5.73 Å². The van der Waals surface area contributed by atoms with Crippen molar-refractivity contribution in [2.45, 2.75) is 24.5 Å². The van der Waals surface area contributed by atoms with Crippen molar-refractivity contribution in [3.63, 3.8) is 0 Å². The predicted molar refractivity (Wildman–Crippen MR) is 98.5 cm³/mol. The van der Waals surface area contributed by atoms with E-state index in [-0.39, 0.29) is 6.61 Å². The Labute approximate surface area is 158 Å². The molecule has 0 spiro atoms. The Morgan fingerprint density at radius 2 is 2.11 bits per heavy atom. The van der Waals surface area contributed by atoms with Gasteiger partial charge in [-0.15, -0.1) is 0 Å². The molecule has 4 heterocycles. The third-order valence-corrected chi connectivity index (χ3v) is 5.50. The number of aliphatic hydroxyl groups is 2. The van der Waals surface area contributed by atoms with Crippen LogP contribution in [0.4, 0.5) is 5.82 Å². The molecule has 0 bridgehead atoms. The number of hydrogen-bond donors (Lipinski definition) is 5. The molecule has 6 N–H and O–H groups in total. The Morgan fingerprint density at radius 3 is 2.81 bits per heavy atom. The fourth-order valence-corrected chi connectivity index (χ4v) is 4.11. The third-order valence-electron chi connectivity index (χ3n) is 4.44. The largest absolute Gasteiger partial charge is 0.387 e. The van der Waals surface area contributed by atoms with E-state index in [4.69, 9.17) is 24.8 Å². The van der Waals surface area contributed by atoms with Gasteiger partial charge in [-0.1, -0.05) is 0 Å². The van der Waals surface area contributed by atoms with Gasteiger partial charge in [-0.3, -0.25) is 0 Å². The van der Waals surface area contributed by atoms with Crippen LogP contribution in [0.25, 0.3) is 22.2 Å². The summed E-state index contributed by atoms with van der Waals surface area (Å²) in [6.45, 7) is -0.277. The van der Waals surface area contributed by atoms with Gasteiger partial charge in [0.25, 0.3) is 0 Å². The first-order valence-electron chi connectivity index (χ1n) is 7.93. The predicted octanol–water partition coefficient (Wildman–Crippen LogP) is 0.589. The smallest absolute Gasteiger partial charge is 0.327 e. The molecule has 1 aliphatic heterocycles. The topological polar surface area (TPSA) is 156 Å². The minimum atomic E-state index is -2.59. The van der Waals surface area contributed by atoms with Gasteiger partial charge in [0.1, 0.15) is 36.1 Å². The fourth-order valence-electron chi connectivity index (χ4n) is 3.18. The van der Waals surface area contributed by atoms with Gasteiger partial charge in [0, 0.05) is 11.8 Å². The highest BCUT2D eigenvalue weighted by Crippen LogP contribution is 2.39. The van der Waals surface area contributed by atoms with E-state index in [1.165, 1.54) is 17.7 Å². The van der Waals surface area contributed by atoms with Crippen molar-refractivity contribution >= 4 is 36.8 Å². The van der Waals surface area contributed by atoms with Crippen LogP contribution in [0.15, 0.2) is 29.4 Å². The van der Waals surface area contributed by atoms with E-state index < -0.39 is 33.1 Å². The molecule has 27 heavy (non-hydrogen) atoms. The number of anilines is 1. The number of fused-ring (bicyclic) bond motifs is 1. The Morgan fingerprint density at radius 1 is 1.30 bits per heavy atom. The Bertz CT molecular complexity index is 936. The van der Waals surface area contributed by atoms with Gasteiger partial charge < -0.3 is 39.6 Å². The van der Waals surface area contributed by atoms with Gasteiger partial charge in [0.05, 0.1) is 12.0 Å². The summed E-state index contributed by atoms with van der Waals surface area (Å²) >= 11 is 1.53. The SMILES string of the molecule is Nc1ncnc2c1c(-c1ccsc1)cn2C1OC(COP(O)O)C(O)C1O. The molecule has 4 rings (SSSR count). The molecule has 0 amide bonds. The van der Waals surface area contributed by atoms with E-state index in [1.807, 2.05) is 16.8 Å². The standard InChI is InChI=1S/C15H17N4O6PS/c16-13-10-8(7-1-2-27-5-7)3-19(14(10)18-6-17-13)15-12(21)11(20)9(25-15)4-24-26(22)23/h1-3,5-6,9,11-12,15,20-23H,4H2,(H2,16,17,18). The first-order valence-corrected chi connectivity index (χ1v) is 10.0. The van der Waals surface area contributed by atoms with Crippen LogP contribution in [0.1, 0.15) is 6.23 Å². The zero-order valence-electron chi connectivity index (χ0n) is 13.8. The lowest BCUT2D eigenvalue weighted by Crippen LogP contribution is -2.33. The summed E-state index contributed by atoms with van der Waals surface area (Å²) in [5.74, 6) is 0.291. The molecule has 10 nitrogen and oxygen atoms in total. The molecule has 4 atom stereocenters. The first kappa shape index (κ1) is 18.7. The molecule has 4 unspecified atom stereocenters. The number of nitrogens with two attached hydrogens (primary N) is 1. The molecule has 3 aromatic rings. The van der Waals surface area contributed by atoms with Crippen molar-refractivity contribution in [2.24, 2.45) is 0 Å². The minimum absolute atomic E-state index is 0.277. The summed E-state index contributed by atoms with van der Waals surface area (Å²) in [4.78, 5) is 26.1. The number of hydrogen-bond acceptors (Lipinski definition) is 10. The van der Waals surface area contributed by atoms with Gasteiger partial charge in [-0.05, 0) is 22.4 Å². The summed E-state index contributed by atoms with van der Waals surface area (Å²) in [7, 11) is -2.59. The van der Waals surface area contributed by atoms with Crippen LogP contribution in [0.2, 0.25) is 0 Å². The molecule has 144 valence electrons. The van der Waals surface area contributed by atoms with Crippen LogP contribution in [-0.2, 0) is 9.26 Å². The van der Waals surface area contributed by atoms with Crippen molar-refractivity contribution in [3.05, 3.63) is 29.4 Å². The molecule has 0 aliphatic carbocycles. The van der Waals surface area contributed by atoms with E-state index in [1.54, 1.807) is 10.8 Å². The highest BCUT2D eigenvalue weighted by Gasteiger charge is 2.44. The van der Waals surface area contributed by atoms with Gasteiger partial charge in [-0.25, -0.2) is 9.97 Å². The highest BCUT2D eigenvalue weighted by molar-refractivity contribution is 7.39. The number of nitrogen functional groups attached to an aromatic ring is 1. The van der Waals surface area contributed by atoms with E-state index in [0.29, 0.717) is 16.9 Å². The number of rotatable bonds is 5. The van der Waals surface area contributed by atoms with Gasteiger partial charge in [0.15, 0.2) is 6.23 Å². The molecule has 1 aliphatic rings. The summed E-state index contributed by atoms with van der Waals surface area (Å²) < 4.78 is 12.0. The summed E-state index contributed by atoms with van der Waals surface area (Å²) in [5, 5.41) is 25.2. The number of aromatic nitrogens is 3. The summed E-state index contributed by atoms with van der Waals surface area (Å²) in [6, 6.07) is 1.93. The lowest BCUT2D eigenvalue weighted by molar-refractivity contribution is -0.0482. The second-order valence-corrected chi connectivity index (χ2v) is 7.56. The van der Waals surface area contributed by atoms with Crippen molar-refractivity contribution in [1.82, 2.24) is 14.5 Å². The van der Waals surface area contributed by atoms with E-state index in [0.717, 1.165) is 11.1 Å². The van der Waals surface area contributed by atoms with Crippen LogP contribution in [0.5, 0.6) is 0 Å². The highest BCUT2D eigenvalue weighted by atomic mass is 32.1. The zero-order chi connectivity index (χ0) is 19.1. The van der Waals surface area contributed by atoms with Crippen molar-refractivity contribution in [2.75, 3.05) is 12.3 Å². The fraction of sp³-hybridized carbons (Fsp3) is 0.333. The molecule has 0 radical (unpaired) electrons. The van der Waals surface area contributed by atoms with E-state index in [2.05, 4.69) is 9.97 Å². The van der Waals surface area contributed by atoms with Crippen molar-refractivity contribution < 1.29 is 29.3 Å². The first-order chi connectivity index (χ1) is 13.0. The third kappa shape index (κ3) is 3.33. The van der Waals surface area contributed by atoms with Crippen LogP contribution in [0, 0.1) is 0 Å². The maximum absolute atomic E-state index is 10.5. The number of nitrogens with zero attached hydrogens (tertiary/aromatic N) is 3. The molecule has 0 saturated carbocycles. The zero-order valence-corrected chi connectivity index (χ0v) is 15.5.